The van der Waals surface area contributed by atoms with Crippen molar-refractivity contribution < 1.29 is 13.2 Å². The third kappa shape index (κ3) is 6.99. The molecule has 1 heterocycles. The Bertz CT molecular complexity index is 852. The van der Waals surface area contributed by atoms with Crippen molar-refractivity contribution in [1.29, 1.82) is 0 Å². The first-order chi connectivity index (χ1) is 12.9. The molecular weight excluding hydrogens is 364 g/mol. The molecule has 27 heavy (non-hydrogen) atoms. The molecule has 1 aromatic heterocycles. The second kappa shape index (κ2) is 10.0. The van der Waals surface area contributed by atoms with Crippen LogP contribution in [0.3, 0.4) is 0 Å². The first kappa shape index (κ1) is 20.9. The molecule has 0 fully saturated rings. The second-order valence-electron chi connectivity index (χ2n) is 6.26. The lowest BCUT2D eigenvalue weighted by molar-refractivity contribution is 0.0948. The molecule has 0 atom stereocenters. The number of hydrogen-bond acceptors (Lipinski definition) is 5. The summed E-state index contributed by atoms with van der Waals surface area (Å²) in [5, 5.41) is 11.2. The predicted molar refractivity (Wildman–Crippen MR) is 106 cm³/mol. The molecule has 0 saturated carbocycles. The SMILES string of the molecule is CCCCCNC(=O)c1cc(NCCc2ccc(S(N)(=O)=O)cc2)ccn1. The fraction of sp³-hybridized carbons (Fsp3) is 0.368. The van der Waals surface area contributed by atoms with Crippen LogP contribution in [0.4, 0.5) is 5.69 Å². The lowest BCUT2D eigenvalue weighted by atomic mass is 10.1. The number of nitrogens with zero attached hydrogens (tertiary/aromatic N) is 1. The number of primary sulfonamides is 1. The Morgan fingerprint density at radius 1 is 1.11 bits per heavy atom. The number of anilines is 1. The molecule has 0 unspecified atom stereocenters. The number of pyridine rings is 1. The normalized spacial score (nSPS) is 11.2. The van der Waals surface area contributed by atoms with Crippen LogP contribution in [0.5, 0.6) is 0 Å². The Hall–Kier alpha value is -2.45. The van der Waals surface area contributed by atoms with Crippen molar-refractivity contribution in [3.05, 3.63) is 53.9 Å². The van der Waals surface area contributed by atoms with E-state index in [2.05, 4.69) is 22.5 Å². The van der Waals surface area contributed by atoms with Gasteiger partial charge in [0.05, 0.1) is 4.90 Å². The first-order valence-corrected chi connectivity index (χ1v) is 10.5. The molecule has 2 aromatic rings. The summed E-state index contributed by atoms with van der Waals surface area (Å²) in [7, 11) is -3.67. The van der Waals surface area contributed by atoms with Gasteiger partial charge in [-0.2, -0.15) is 0 Å². The van der Waals surface area contributed by atoms with Crippen molar-refractivity contribution in [3.8, 4) is 0 Å². The van der Waals surface area contributed by atoms with E-state index in [0.717, 1.165) is 30.5 Å². The van der Waals surface area contributed by atoms with Gasteiger partial charge in [0.25, 0.3) is 5.91 Å². The summed E-state index contributed by atoms with van der Waals surface area (Å²) < 4.78 is 22.5. The van der Waals surface area contributed by atoms with E-state index in [0.29, 0.717) is 25.2 Å². The summed E-state index contributed by atoms with van der Waals surface area (Å²) in [5.41, 5.74) is 2.18. The van der Waals surface area contributed by atoms with Gasteiger partial charge in [0.15, 0.2) is 0 Å². The van der Waals surface area contributed by atoms with Crippen molar-refractivity contribution in [2.45, 2.75) is 37.5 Å². The summed E-state index contributed by atoms with van der Waals surface area (Å²) >= 11 is 0. The predicted octanol–water partition coefficient (Wildman–Crippen LogP) is 2.30. The Kier molecular flexibility index (Phi) is 7.75. The molecule has 0 bridgehead atoms. The number of rotatable bonds is 10. The molecular formula is C19H26N4O3S. The van der Waals surface area contributed by atoms with Gasteiger partial charge in [-0.05, 0) is 42.7 Å². The van der Waals surface area contributed by atoms with Crippen LogP contribution in [0.2, 0.25) is 0 Å². The second-order valence-corrected chi connectivity index (χ2v) is 7.82. The summed E-state index contributed by atoms with van der Waals surface area (Å²) in [5.74, 6) is -0.173. The minimum absolute atomic E-state index is 0.0999. The first-order valence-electron chi connectivity index (χ1n) is 9.00. The molecule has 1 aromatic carbocycles. The highest BCUT2D eigenvalue weighted by Gasteiger charge is 2.08. The van der Waals surface area contributed by atoms with Gasteiger partial charge in [0.2, 0.25) is 10.0 Å². The zero-order valence-electron chi connectivity index (χ0n) is 15.4. The van der Waals surface area contributed by atoms with Crippen LogP contribution in [-0.4, -0.2) is 32.4 Å². The molecule has 4 N–H and O–H groups in total. The number of unbranched alkanes of at least 4 members (excludes halogenated alkanes) is 2. The zero-order chi connectivity index (χ0) is 19.7. The molecule has 7 nitrogen and oxygen atoms in total. The molecule has 146 valence electrons. The van der Waals surface area contributed by atoms with Gasteiger partial charge >= 0.3 is 0 Å². The van der Waals surface area contributed by atoms with Crippen LogP contribution in [0, 0.1) is 0 Å². The van der Waals surface area contributed by atoms with Crippen LogP contribution in [-0.2, 0) is 16.4 Å². The van der Waals surface area contributed by atoms with Crippen molar-refractivity contribution in [1.82, 2.24) is 10.3 Å². The standard InChI is InChI=1S/C19H26N4O3S/c1-2-3-4-11-23-19(24)18-14-16(10-13-22-18)21-12-9-15-5-7-17(8-6-15)27(20,25)26/h5-8,10,13-14H,2-4,9,11-12H2,1H3,(H,21,22)(H,23,24)(H2,20,25,26). The Labute approximate surface area is 160 Å². The van der Waals surface area contributed by atoms with Crippen molar-refractivity contribution >= 4 is 21.6 Å². The van der Waals surface area contributed by atoms with Crippen LogP contribution in [0.1, 0.15) is 42.2 Å². The molecule has 0 aliphatic heterocycles. The van der Waals surface area contributed by atoms with E-state index in [9.17, 15) is 13.2 Å². The van der Waals surface area contributed by atoms with Gasteiger partial charge in [0.1, 0.15) is 5.69 Å². The number of nitrogens with two attached hydrogens (primary N) is 1. The lowest BCUT2D eigenvalue weighted by Gasteiger charge is -2.09. The summed E-state index contributed by atoms with van der Waals surface area (Å²) in [6.07, 6.45) is 5.46. The molecule has 0 aliphatic carbocycles. The number of carbonyl (C=O) groups excluding carboxylic acids is 1. The molecule has 0 spiro atoms. The number of nitrogens with one attached hydrogen (secondary N) is 2. The highest BCUT2D eigenvalue weighted by Crippen LogP contribution is 2.11. The number of amides is 1. The van der Waals surface area contributed by atoms with Crippen LogP contribution >= 0.6 is 0 Å². The van der Waals surface area contributed by atoms with Gasteiger partial charge in [-0.3, -0.25) is 9.78 Å². The minimum Gasteiger partial charge on any atom is -0.385 e. The topological polar surface area (TPSA) is 114 Å². The van der Waals surface area contributed by atoms with Gasteiger partial charge < -0.3 is 10.6 Å². The monoisotopic (exact) mass is 390 g/mol. The van der Waals surface area contributed by atoms with Crippen molar-refractivity contribution in [2.75, 3.05) is 18.4 Å². The maximum absolute atomic E-state index is 12.1. The van der Waals surface area contributed by atoms with Gasteiger partial charge in [-0.25, -0.2) is 13.6 Å². The van der Waals surface area contributed by atoms with Crippen molar-refractivity contribution in [2.24, 2.45) is 5.14 Å². The molecule has 0 saturated heterocycles. The van der Waals surface area contributed by atoms with Crippen LogP contribution < -0.4 is 15.8 Å². The fourth-order valence-electron chi connectivity index (χ4n) is 2.53. The highest BCUT2D eigenvalue weighted by atomic mass is 32.2. The van der Waals surface area contributed by atoms with E-state index in [1.807, 2.05) is 0 Å². The molecule has 0 radical (unpaired) electrons. The van der Waals surface area contributed by atoms with E-state index in [4.69, 9.17) is 5.14 Å². The highest BCUT2D eigenvalue weighted by molar-refractivity contribution is 7.89. The maximum atomic E-state index is 12.1. The van der Waals surface area contributed by atoms with Gasteiger partial charge in [-0.15, -0.1) is 0 Å². The Balaban J connectivity index is 1.85. The molecule has 2 rings (SSSR count). The largest absolute Gasteiger partial charge is 0.385 e. The average Bonchev–Trinajstić information content (AvgIpc) is 2.65. The Morgan fingerprint density at radius 2 is 1.85 bits per heavy atom. The molecule has 0 aliphatic rings. The van der Waals surface area contributed by atoms with E-state index in [1.165, 1.54) is 12.1 Å². The summed E-state index contributed by atoms with van der Waals surface area (Å²) in [6, 6.07) is 10.00. The number of aromatic nitrogens is 1. The number of hydrogen-bond donors (Lipinski definition) is 3. The minimum atomic E-state index is -3.67. The van der Waals surface area contributed by atoms with E-state index in [-0.39, 0.29) is 10.8 Å². The maximum Gasteiger partial charge on any atom is 0.269 e. The third-order valence-electron chi connectivity index (χ3n) is 4.05. The quantitative estimate of drug-likeness (QED) is 0.539. The summed E-state index contributed by atoms with van der Waals surface area (Å²) in [6.45, 7) is 3.41. The van der Waals surface area contributed by atoms with Gasteiger partial charge in [0, 0.05) is 25.0 Å². The number of sulfonamides is 1. The van der Waals surface area contributed by atoms with Crippen LogP contribution in [0.15, 0.2) is 47.5 Å². The molecule has 1 amide bonds. The van der Waals surface area contributed by atoms with E-state index < -0.39 is 10.0 Å². The zero-order valence-corrected chi connectivity index (χ0v) is 16.3. The number of carbonyl (C=O) groups is 1. The van der Waals surface area contributed by atoms with Gasteiger partial charge in [-0.1, -0.05) is 31.9 Å². The lowest BCUT2D eigenvalue weighted by Crippen LogP contribution is -2.25. The smallest absolute Gasteiger partial charge is 0.269 e. The Morgan fingerprint density at radius 3 is 2.52 bits per heavy atom. The number of benzene rings is 1. The van der Waals surface area contributed by atoms with Crippen LogP contribution in [0.25, 0.3) is 0 Å². The molecule has 8 heteroatoms. The third-order valence-corrected chi connectivity index (χ3v) is 4.98. The van der Waals surface area contributed by atoms with E-state index in [1.54, 1.807) is 30.5 Å². The summed E-state index contributed by atoms with van der Waals surface area (Å²) in [4.78, 5) is 16.3. The van der Waals surface area contributed by atoms with E-state index >= 15 is 0 Å². The average molecular weight is 391 g/mol. The van der Waals surface area contributed by atoms with Crippen molar-refractivity contribution in [3.63, 3.8) is 0 Å². The fourth-order valence-corrected chi connectivity index (χ4v) is 3.04.